The van der Waals surface area contributed by atoms with Crippen LogP contribution in [0.5, 0.6) is 0 Å². The first-order valence-electron chi connectivity index (χ1n) is 7.13. The highest BCUT2D eigenvalue weighted by atomic mass is 32.2. The Kier molecular flexibility index (Phi) is 6.71. The monoisotopic (exact) mass is 315 g/mol. The van der Waals surface area contributed by atoms with Crippen LogP contribution in [0.15, 0.2) is 65.6 Å². The summed E-state index contributed by atoms with van der Waals surface area (Å²) in [6, 6.07) is 16.1. The maximum Gasteiger partial charge on any atom is 0.243 e. The fourth-order valence-corrected chi connectivity index (χ4v) is 2.65. The van der Waals surface area contributed by atoms with Crippen LogP contribution in [0.2, 0.25) is 0 Å². The van der Waals surface area contributed by atoms with Gasteiger partial charge in [-0.05, 0) is 48.1 Å². The van der Waals surface area contributed by atoms with Gasteiger partial charge in [0.25, 0.3) is 0 Å². The molecule has 0 aliphatic heterocycles. The van der Waals surface area contributed by atoms with Gasteiger partial charge in [0.1, 0.15) is 5.82 Å². The Bertz CT molecular complexity index is 611. The quantitative estimate of drug-likeness (QED) is 0.473. The van der Waals surface area contributed by atoms with Crippen LogP contribution < -0.4 is 5.32 Å². The Morgan fingerprint density at radius 1 is 1.09 bits per heavy atom. The van der Waals surface area contributed by atoms with Gasteiger partial charge in [-0.1, -0.05) is 30.3 Å². The van der Waals surface area contributed by atoms with Gasteiger partial charge in [0.05, 0.1) is 0 Å². The van der Waals surface area contributed by atoms with Crippen LogP contribution in [-0.2, 0) is 4.79 Å². The molecule has 1 amide bonds. The van der Waals surface area contributed by atoms with Crippen LogP contribution in [0.3, 0.4) is 0 Å². The number of nitrogens with one attached hydrogen (secondary N) is 1. The topological polar surface area (TPSA) is 29.1 Å². The van der Waals surface area contributed by atoms with Crippen LogP contribution in [0.1, 0.15) is 12.0 Å². The second kappa shape index (κ2) is 9.05. The standard InChI is InChI=1S/C18H18FNOS/c19-16-8-10-17(11-9-16)22-14-4-13-20-18(21)12-7-15-5-2-1-3-6-15/h1-3,5-12H,4,13-14H2,(H,20,21)/b12-7+. The van der Waals surface area contributed by atoms with E-state index in [1.807, 2.05) is 30.3 Å². The minimum atomic E-state index is -0.221. The number of hydrogen-bond acceptors (Lipinski definition) is 2. The SMILES string of the molecule is O=C(/C=C/c1ccccc1)NCCCSc1ccc(F)cc1. The van der Waals surface area contributed by atoms with Crippen molar-refractivity contribution in [3.63, 3.8) is 0 Å². The van der Waals surface area contributed by atoms with Crippen molar-refractivity contribution >= 4 is 23.7 Å². The summed E-state index contributed by atoms with van der Waals surface area (Å²) in [5.41, 5.74) is 1.00. The second-order valence-corrected chi connectivity index (χ2v) is 5.86. The van der Waals surface area contributed by atoms with Crippen molar-refractivity contribution < 1.29 is 9.18 Å². The van der Waals surface area contributed by atoms with Gasteiger partial charge in [-0.2, -0.15) is 0 Å². The Morgan fingerprint density at radius 3 is 2.55 bits per heavy atom. The highest BCUT2D eigenvalue weighted by molar-refractivity contribution is 7.99. The average Bonchev–Trinajstić information content (AvgIpc) is 2.55. The highest BCUT2D eigenvalue weighted by Crippen LogP contribution is 2.18. The van der Waals surface area contributed by atoms with Crippen molar-refractivity contribution in [3.8, 4) is 0 Å². The smallest absolute Gasteiger partial charge is 0.243 e. The van der Waals surface area contributed by atoms with E-state index in [2.05, 4.69) is 5.32 Å². The zero-order valence-electron chi connectivity index (χ0n) is 12.2. The fraction of sp³-hybridized carbons (Fsp3) is 0.167. The van der Waals surface area contributed by atoms with Crippen LogP contribution in [0, 0.1) is 5.82 Å². The van der Waals surface area contributed by atoms with Gasteiger partial charge in [-0.3, -0.25) is 4.79 Å². The molecular weight excluding hydrogens is 297 g/mol. The van der Waals surface area contributed by atoms with E-state index in [0.717, 1.165) is 22.6 Å². The maximum atomic E-state index is 12.8. The molecule has 2 aromatic carbocycles. The number of halogens is 1. The molecule has 2 aromatic rings. The minimum absolute atomic E-state index is 0.0874. The van der Waals surface area contributed by atoms with Gasteiger partial charge in [0, 0.05) is 17.5 Å². The molecule has 2 rings (SSSR count). The molecule has 1 N–H and O–H groups in total. The molecule has 0 atom stereocenters. The summed E-state index contributed by atoms with van der Waals surface area (Å²) in [7, 11) is 0. The first-order chi connectivity index (χ1) is 10.7. The van der Waals surface area contributed by atoms with Crippen molar-refractivity contribution in [2.24, 2.45) is 0 Å². The molecule has 4 heteroatoms. The number of amides is 1. The first-order valence-corrected chi connectivity index (χ1v) is 8.12. The first kappa shape index (κ1) is 16.3. The number of carbonyl (C=O) groups excluding carboxylic acids is 1. The lowest BCUT2D eigenvalue weighted by Gasteiger charge is -2.03. The molecule has 0 saturated carbocycles. The molecule has 0 aliphatic rings. The van der Waals surface area contributed by atoms with Crippen LogP contribution in [0.25, 0.3) is 6.08 Å². The zero-order chi connectivity index (χ0) is 15.6. The number of carbonyl (C=O) groups is 1. The van der Waals surface area contributed by atoms with Crippen molar-refractivity contribution in [3.05, 3.63) is 72.1 Å². The third kappa shape index (κ3) is 6.14. The Hall–Kier alpha value is -2.07. The number of benzene rings is 2. The molecular formula is C18H18FNOS. The van der Waals surface area contributed by atoms with Crippen molar-refractivity contribution in [1.29, 1.82) is 0 Å². The normalized spacial score (nSPS) is 10.8. The Balaban J connectivity index is 1.61. The molecule has 0 bridgehead atoms. The van der Waals surface area contributed by atoms with Gasteiger partial charge in [0.15, 0.2) is 0 Å². The van der Waals surface area contributed by atoms with E-state index >= 15 is 0 Å². The summed E-state index contributed by atoms with van der Waals surface area (Å²) in [4.78, 5) is 12.7. The van der Waals surface area contributed by atoms with E-state index < -0.39 is 0 Å². The van der Waals surface area contributed by atoms with Crippen LogP contribution >= 0.6 is 11.8 Å². The van der Waals surface area contributed by atoms with Gasteiger partial charge in [-0.15, -0.1) is 11.8 Å². The summed E-state index contributed by atoms with van der Waals surface area (Å²) < 4.78 is 12.8. The molecule has 0 spiro atoms. The third-order valence-electron chi connectivity index (χ3n) is 2.93. The molecule has 0 unspecified atom stereocenters. The van der Waals surface area contributed by atoms with Crippen molar-refractivity contribution in [2.75, 3.05) is 12.3 Å². The summed E-state index contributed by atoms with van der Waals surface area (Å²) >= 11 is 1.66. The summed E-state index contributed by atoms with van der Waals surface area (Å²) in [5.74, 6) is 0.575. The van der Waals surface area contributed by atoms with E-state index in [1.165, 1.54) is 12.1 Å². The molecule has 0 aliphatic carbocycles. The predicted molar refractivity (Wildman–Crippen MR) is 90.2 cm³/mol. The van der Waals surface area contributed by atoms with Gasteiger partial charge in [-0.25, -0.2) is 4.39 Å². The molecule has 0 aromatic heterocycles. The Morgan fingerprint density at radius 2 is 1.82 bits per heavy atom. The summed E-state index contributed by atoms with van der Waals surface area (Å²) in [6.45, 7) is 0.631. The third-order valence-corrected chi connectivity index (χ3v) is 4.03. The minimum Gasteiger partial charge on any atom is -0.353 e. The van der Waals surface area contributed by atoms with Crippen LogP contribution in [-0.4, -0.2) is 18.2 Å². The Labute approximate surface area is 134 Å². The molecule has 2 nitrogen and oxygen atoms in total. The zero-order valence-corrected chi connectivity index (χ0v) is 13.0. The van der Waals surface area contributed by atoms with Gasteiger partial charge >= 0.3 is 0 Å². The largest absolute Gasteiger partial charge is 0.353 e. The van der Waals surface area contributed by atoms with E-state index in [9.17, 15) is 9.18 Å². The molecule has 0 heterocycles. The summed E-state index contributed by atoms with van der Waals surface area (Å²) in [6.07, 6.45) is 4.21. The number of thioether (sulfide) groups is 1. The predicted octanol–water partition coefficient (Wildman–Crippen LogP) is 4.14. The van der Waals surface area contributed by atoms with Crippen molar-refractivity contribution in [1.82, 2.24) is 5.32 Å². The van der Waals surface area contributed by atoms with E-state index in [4.69, 9.17) is 0 Å². The van der Waals surface area contributed by atoms with E-state index in [1.54, 1.807) is 36.0 Å². The average molecular weight is 315 g/mol. The lowest BCUT2D eigenvalue weighted by molar-refractivity contribution is -0.116. The molecule has 0 fully saturated rings. The summed E-state index contributed by atoms with van der Waals surface area (Å²) in [5, 5.41) is 2.85. The lowest BCUT2D eigenvalue weighted by atomic mass is 10.2. The van der Waals surface area contributed by atoms with Gasteiger partial charge < -0.3 is 5.32 Å². The van der Waals surface area contributed by atoms with Crippen molar-refractivity contribution in [2.45, 2.75) is 11.3 Å². The molecule has 114 valence electrons. The molecule has 22 heavy (non-hydrogen) atoms. The number of rotatable bonds is 7. The molecule has 0 radical (unpaired) electrons. The van der Waals surface area contributed by atoms with E-state index in [-0.39, 0.29) is 11.7 Å². The highest BCUT2D eigenvalue weighted by Gasteiger charge is 1.97. The van der Waals surface area contributed by atoms with Crippen LogP contribution in [0.4, 0.5) is 4.39 Å². The van der Waals surface area contributed by atoms with E-state index in [0.29, 0.717) is 6.54 Å². The number of hydrogen-bond donors (Lipinski definition) is 1. The fourth-order valence-electron chi connectivity index (χ4n) is 1.80. The lowest BCUT2D eigenvalue weighted by Crippen LogP contribution is -2.22. The molecule has 0 saturated heterocycles. The maximum absolute atomic E-state index is 12.8. The second-order valence-electron chi connectivity index (χ2n) is 4.69. The van der Waals surface area contributed by atoms with Gasteiger partial charge in [0.2, 0.25) is 5.91 Å².